The van der Waals surface area contributed by atoms with Crippen LogP contribution < -0.4 is 10.4 Å². The van der Waals surface area contributed by atoms with Crippen LogP contribution in [0.15, 0.2) is 42.9 Å². The molecule has 0 fully saturated rings. The molecule has 74 valence electrons. The van der Waals surface area contributed by atoms with Gasteiger partial charge in [-0.2, -0.15) is 0 Å². The van der Waals surface area contributed by atoms with Crippen LogP contribution in [0.3, 0.4) is 0 Å². The Morgan fingerprint density at radius 2 is 2.00 bits per heavy atom. The van der Waals surface area contributed by atoms with Crippen molar-refractivity contribution in [3.05, 3.63) is 48.6 Å². The van der Waals surface area contributed by atoms with E-state index in [2.05, 4.69) is 15.4 Å². The van der Waals surface area contributed by atoms with Gasteiger partial charge in [-0.3, -0.25) is 10.4 Å². The third-order valence-electron chi connectivity index (χ3n) is 2.32. The van der Waals surface area contributed by atoms with Gasteiger partial charge in [0.1, 0.15) is 0 Å². The topological polar surface area (TPSA) is 44.0 Å². The molecule has 4 nitrogen and oxygen atoms in total. The average Bonchev–Trinajstić information content (AvgIpc) is 2.77. The molecule has 1 aromatic heterocycles. The average molecular weight is 198 g/mol. The highest BCUT2D eigenvalue weighted by molar-refractivity contribution is 5.70. The van der Waals surface area contributed by atoms with Crippen LogP contribution in [0.5, 0.6) is 0 Å². The lowest BCUT2D eigenvalue weighted by Gasteiger charge is -2.24. The number of H-pyrrole nitrogens is 1. The zero-order valence-corrected chi connectivity index (χ0v) is 8.01. The van der Waals surface area contributed by atoms with Crippen LogP contribution in [0.4, 0.5) is 11.5 Å². The van der Waals surface area contributed by atoms with Crippen LogP contribution in [0.2, 0.25) is 0 Å². The van der Waals surface area contributed by atoms with Crippen LogP contribution in [-0.4, -0.2) is 9.97 Å². The van der Waals surface area contributed by atoms with Gasteiger partial charge in [0.15, 0.2) is 5.82 Å². The Morgan fingerprint density at radius 3 is 2.87 bits per heavy atom. The number of anilines is 2. The molecular formula is C11H10N4. The highest BCUT2D eigenvalue weighted by Crippen LogP contribution is 2.22. The number of para-hydroxylation sites is 1. The van der Waals surface area contributed by atoms with Crippen LogP contribution >= 0.6 is 0 Å². The third kappa shape index (κ3) is 1.36. The van der Waals surface area contributed by atoms with Crippen LogP contribution in [0.1, 0.15) is 5.69 Å². The summed E-state index contributed by atoms with van der Waals surface area (Å²) in [7, 11) is 0. The molecule has 1 aliphatic rings. The molecule has 2 aromatic rings. The fraction of sp³-hybridized carbons (Fsp3) is 0. The number of nitrogens with one attached hydrogen (secondary N) is 2. The third-order valence-corrected chi connectivity index (χ3v) is 2.32. The number of nitrogens with zero attached hydrogens (tertiary/aromatic N) is 2. The first kappa shape index (κ1) is 8.11. The van der Waals surface area contributed by atoms with Gasteiger partial charge >= 0.3 is 0 Å². The van der Waals surface area contributed by atoms with Crippen molar-refractivity contribution in [2.24, 2.45) is 0 Å². The smallest absolute Gasteiger partial charge is 0.170 e. The maximum absolute atomic E-state index is 4.17. The zero-order chi connectivity index (χ0) is 10.1. The van der Waals surface area contributed by atoms with E-state index in [0.29, 0.717) is 0 Å². The largest absolute Gasteiger partial charge is 0.343 e. The molecular weight excluding hydrogens is 188 g/mol. The minimum atomic E-state index is 0.848. The van der Waals surface area contributed by atoms with Gasteiger partial charge in [0.25, 0.3) is 0 Å². The molecule has 0 saturated carbocycles. The maximum atomic E-state index is 4.17. The Kier molecular flexibility index (Phi) is 1.71. The van der Waals surface area contributed by atoms with Crippen molar-refractivity contribution in [1.82, 2.24) is 9.97 Å². The lowest BCUT2D eigenvalue weighted by atomic mass is 10.3. The van der Waals surface area contributed by atoms with Crippen molar-refractivity contribution in [1.29, 1.82) is 0 Å². The highest BCUT2D eigenvalue weighted by atomic mass is 15.5. The van der Waals surface area contributed by atoms with Crippen LogP contribution in [-0.2, 0) is 0 Å². The quantitative estimate of drug-likeness (QED) is 0.738. The molecule has 0 amide bonds. The van der Waals surface area contributed by atoms with E-state index in [4.69, 9.17) is 0 Å². The summed E-state index contributed by atoms with van der Waals surface area (Å²) >= 11 is 0. The van der Waals surface area contributed by atoms with E-state index < -0.39 is 0 Å². The van der Waals surface area contributed by atoms with Gasteiger partial charge in [0, 0.05) is 6.20 Å². The van der Waals surface area contributed by atoms with Crippen molar-refractivity contribution in [2.45, 2.75) is 0 Å². The molecule has 0 bridgehead atoms. The molecule has 2 heterocycles. The zero-order valence-electron chi connectivity index (χ0n) is 8.01. The number of imidazole rings is 1. The standard InChI is InChI=1S/C11H10N4/c1-2-4-9(5-3-1)15-7-6-10-11(14-15)13-8-12-10/h1-8,14H,(H,12,13). The van der Waals surface area contributed by atoms with Crippen LogP contribution in [0, 0.1) is 0 Å². The number of fused-ring (bicyclic) bond motifs is 1. The second-order valence-corrected chi connectivity index (χ2v) is 3.30. The first-order valence-electron chi connectivity index (χ1n) is 4.76. The van der Waals surface area contributed by atoms with Gasteiger partial charge < -0.3 is 4.98 Å². The predicted octanol–water partition coefficient (Wildman–Crippen LogP) is 2.23. The summed E-state index contributed by atoms with van der Waals surface area (Å²) in [6.07, 6.45) is 5.64. The van der Waals surface area contributed by atoms with Gasteiger partial charge in [-0.25, -0.2) is 4.98 Å². The monoisotopic (exact) mass is 198 g/mol. The van der Waals surface area contributed by atoms with E-state index in [-0.39, 0.29) is 0 Å². The molecule has 4 heteroatoms. The van der Waals surface area contributed by atoms with E-state index in [1.807, 2.05) is 47.6 Å². The van der Waals surface area contributed by atoms with Crippen molar-refractivity contribution >= 4 is 17.6 Å². The second-order valence-electron chi connectivity index (χ2n) is 3.30. The fourth-order valence-electron chi connectivity index (χ4n) is 1.56. The molecule has 15 heavy (non-hydrogen) atoms. The van der Waals surface area contributed by atoms with Gasteiger partial charge in [0.05, 0.1) is 17.7 Å². The first-order valence-corrected chi connectivity index (χ1v) is 4.76. The molecule has 1 aliphatic heterocycles. The summed E-state index contributed by atoms with van der Waals surface area (Å²) in [6, 6.07) is 10.1. The summed E-state index contributed by atoms with van der Waals surface area (Å²) in [5, 5.41) is 1.93. The van der Waals surface area contributed by atoms with Gasteiger partial charge in [-0.05, 0) is 18.2 Å². The van der Waals surface area contributed by atoms with Crippen molar-refractivity contribution < 1.29 is 0 Å². The lowest BCUT2D eigenvalue weighted by Crippen LogP contribution is -2.26. The minimum Gasteiger partial charge on any atom is -0.343 e. The summed E-state index contributed by atoms with van der Waals surface area (Å²) in [4.78, 5) is 7.22. The molecule has 3 rings (SSSR count). The van der Waals surface area contributed by atoms with Gasteiger partial charge in [-0.1, -0.05) is 18.2 Å². The summed E-state index contributed by atoms with van der Waals surface area (Å²) in [5.74, 6) is 0.848. The Bertz CT molecular complexity index is 486. The molecule has 0 aliphatic carbocycles. The first-order chi connectivity index (χ1) is 7.43. The highest BCUT2D eigenvalue weighted by Gasteiger charge is 2.11. The summed E-state index contributed by atoms with van der Waals surface area (Å²) in [6.45, 7) is 0. The van der Waals surface area contributed by atoms with E-state index >= 15 is 0 Å². The van der Waals surface area contributed by atoms with Crippen LogP contribution in [0.25, 0.3) is 6.08 Å². The Balaban J connectivity index is 1.94. The van der Waals surface area contributed by atoms with E-state index in [0.717, 1.165) is 17.2 Å². The van der Waals surface area contributed by atoms with Gasteiger partial charge in [-0.15, -0.1) is 0 Å². The van der Waals surface area contributed by atoms with E-state index in [1.54, 1.807) is 6.33 Å². The lowest BCUT2D eigenvalue weighted by molar-refractivity contribution is 1.12. The van der Waals surface area contributed by atoms with E-state index in [1.165, 1.54) is 0 Å². The Labute approximate surface area is 87.2 Å². The molecule has 2 N–H and O–H groups in total. The molecule has 0 unspecified atom stereocenters. The minimum absolute atomic E-state index is 0.848. The summed E-state index contributed by atoms with van der Waals surface area (Å²) < 4.78 is 0. The number of hydrazine groups is 1. The fourth-order valence-corrected chi connectivity index (χ4v) is 1.56. The SMILES string of the molecule is C1=CN(c2ccccc2)Nc2nc[nH]c21. The number of rotatable bonds is 1. The Hall–Kier alpha value is -2.23. The normalized spacial score (nSPS) is 13.5. The number of hydrogen-bond donors (Lipinski definition) is 2. The van der Waals surface area contributed by atoms with Crippen molar-refractivity contribution in [3.8, 4) is 0 Å². The molecule has 1 aromatic carbocycles. The Morgan fingerprint density at radius 1 is 1.13 bits per heavy atom. The molecule has 0 radical (unpaired) electrons. The summed E-state index contributed by atoms with van der Waals surface area (Å²) in [5.41, 5.74) is 5.28. The number of hydrogen-bond acceptors (Lipinski definition) is 3. The molecule has 0 spiro atoms. The number of aromatic amines is 1. The van der Waals surface area contributed by atoms with Crippen molar-refractivity contribution in [3.63, 3.8) is 0 Å². The molecule has 0 saturated heterocycles. The number of benzene rings is 1. The maximum Gasteiger partial charge on any atom is 0.170 e. The molecule has 0 atom stereocenters. The second kappa shape index (κ2) is 3.16. The number of aromatic nitrogens is 2. The van der Waals surface area contributed by atoms with E-state index in [9.17, 15) is 0 Å². The predicted molar refractivity (Wildman–Crippen MR) is 60.2 cm³/mol. The van der Waals surface area contributed by atoms with Crippen molar-refractivity contribution in [2.75, 3.05) is 10.4 Å². The van der Waals surface area contributed by atoms with Gasteiger partial charge in [0.2, 0.25) is 0 Å².